The fourth-order valence-corrected chi connectivity index (χ4v) is 4.07. The van der Waals surface area contributed by atoms with Crippen LogP contribution in [0, 0.1) is 0 Å². The monoisotopic (exact) mass is 410 g/mol. The molecule has 0 fully saturated rings. The van der Waals surface area contributed by atoms with Crippen LogP contribution in [0.1, 0.15) is 15.8 Å². The van der Waals surface area contributed by atoms with Gasteiger partial charge in [0.25, 0.3) is 0 Å². The van der Waals surface area contributed by atoms with Gasteiger partial charge in [0.15, 0.2) is 11.5 Å². The Morgan fingerprint density at radius 3 is 2.24 bits per heavy atom. The van der Waals surface area contributed by atoms with E-state index in [2.05, 4.69) is 15.9 Å². The fraction of sp³-hybridized carbons (Fsp3) is 0.286. The second kappa shape index (κ2) is 7.09. The molecule has 0 radical (unpaired) electrons. The molecule has 0 aliphatic carbocycles. The van der Waals surface area contributed by atoms with Crippen LogP contribution in [0.5, 0.6) is 17.2 Å². The quantitative estimate of drug-likeness (QED) is 0.606. The summed E-state index contributed by atoms with van der Waals surface area (Å²) >= 11 is 17.5. The van der Waals surface area contributed by atoms with Crippen molar-refractivity contribution >= 4 is 50.5 Å². The summed E-state index contributed by atoms with van der Waals surface area (Å²) in [7, 11) is 4.71. The maximum Gasteiger partial charge on any atom is 0.203 e. The summed E-state index contributed by atoms with van der Waals surface area (Å²) in [5.74, 6) is 1.66. The topological polar surface area (TPSA) is 27.7 Å². The molecule has 2 aromatic rings. The third kappa shape index (κ3) is 3.26. The van der Waals surface area contributed by atoms with Crippen molar-refractivity contribution in [3.05, 3.63) is 37.4 Å². The van der Waals surface area contributed by atoms with Crippen molar-refractivity contribution in [2.75, 3.05) is 21.3 Å². The van der Waals surface area contributed by atoms with E-state index in [9.17, 15) is 0 Å². The maximum absolute atomic E-state index is 6.58. The summed E-state index contributed by atoms with van der Waals surface area (Å²) in [4.78, 5) is 0.916. The first-order chi connectivity index (χ1) is 10.0. The Kier molecular flexibility index (Phi) is 5.66. The molecule has 21 heavy (non-hydrogen) atoms. The van der Waals surface area contributed by atoms with Gasteiger partial charge in [-0.1, -0.05) is 11.6 Å². The molecule has 2 rings (SSSR count). The molecule has 1 heterocycles. The van der Waals surface area contributed by atoms with Crippen LogP contribution in [0.2, 0.25) is 4.34 Å². The zero-order valence-electron chi connectivity index (χ0n) is 11.6. The summed E-state index contributed by atoms with van der Waals surface area (Å²) < 4.78 is 17.6. The highest BCUT2D eigenvalue weighted by atomic mass is 79.9. The molecule has 3 nitrogen and oxygen atoms in total. The van der Waals surface area contributed by atoms with Gasteiger partial charge in [0, 0.05) is 14.9 Å². The standard InChI is InChI=1S/C14H13BrCl2O3S/c1-18-9-5-4-7(12(19-2)13(9)20-3)11(16)10-6-8(15)14(17)21-10/h4-6,11H,1-3H3. The number of hydrogen-bond donors (Lipinski definition) is 0. The molecule has 0 aliphatic rings. The Morgan fingerprint density at radius 2 is 1.76 bits per heavy atom. The fourth-order valence-electron chi connectivity index (χ4n) is 1.97. The average Bonchev–Trinajstić information content (AvgIpc) is 2.84. The lowest BCUT2D eigenvalue weighted by atomic mass is 10.1. The zero-order chi connectivity index (χ0) is 15.6. The van der Waals surface area contributed by atoms with Crippen LogP contribution >= 0.6 is 50.5 Å². The first-order valence-electron chi connectivity index (χ1n) is 5.91. The van der Waals surface area contributed by atoms with Crippen molar-refractivity contribution in [2.45, 2.75) is 5.38 Å². The second-order valence-corrected chi connectivity index (χ2v) is 7.03. The highest BCUT2D eigenvalue weighted by molar-refractivity contribution is 9.10. The largest absolute Gasteiger partial charge is 0.493 e. The van der Waals surface area contributed by atoms with E-state index in [1.54, 1.807) is 27.4 Å². The predicted molar refractivity (Wildman–Crippen MR) is 90.8 cm³/mol. The number of thiophene rings is 1. The van der Waals surface area contributed by atoms with E-state index in [1.165, 1.54) is 11.3 Å². The van der Waals surface area contributed by atoms with Crippen LogP contribution in [0.25, 0.3) is 0 Å². The van der Waals surface area contributed by atoms with Gasteiger partial charge in [-0.05, 0) is 34.1 Å². The Balaban J connectivity index is 2.52. The van der Waals surface area contributed by atoms with Crippen LogP contribution < -0.4 is 14.2 Å². The first kappa shape index (κ1) is 16.7. The van der Waals surface area contributed by atoms with E-state index in [0.717, 1.165) is 14.9 Å². The molecule has 114 valence electrons. The summed E-state index contributed by atoms with van der Waals surface area (Å²) in [5.41, 5.74) is 0.794. The van der Waals surface area contributed by atoms with Crippen molar-refractivity contribution in [1.29, 1.82) is 0 Å². The van der Waals surface area contributed by atoms with E-state index >= 15 is 0 Å². The maximum atomic E-state index is 6.58. The van der Waals surface area contributed by atoms with E-state index in [4.69, 9.17) is 37.4 Å². The Bertz CT molecular complexity index is 626. The SMILES string of the molecule is COc1ccc(C(Cl)c2cc(Br)c(Cl)s2)c(OC)c1OC. The minimum Gasteiger partial charge on any atom is -0.493 e. The van der Waals surface area contributed by atoms with Gasteiger partial charge in [-0.25, -0.2) is 0 Å². The van der Waals surface area contributed by atoms with E-state index in [1.807, 2.05) is 12.1 Å². The molecular formula is C14H13BrCl2O3S. The molecule has 1 aromatic carbocycles. The lowest BCUT2D eigenvalue weighted by molar-refractivity contribution is 0.322. The minimum atomic E-state index is -0.395. The zero-order valence-corrected chi connectivity index (χ0v) is 15.5. The van der Waals surface area contributed by atoms with E-state index < -0.39 is 5.38 Å². The van der Waals surface area contributed by atoms with E-state index in [-0.39, 0.29) is 0 Å². The number of ether oxygens (including phenoxy) is 3. The molecule has 1 aromatic heterocycles. The number of benzene rings is 1. The van der Waals surface area contributed by atoms with Gasteiger partial charge in [0.1, 0.15) is 4.34 Å². The molecule has 1 unspecified atom stereocenters. The number of halogens is 3. The molecule has 0 spiro atoms. The lowest BCUT2D eigenvalue weighted by Gasteiger charge is -2.18. The normalized spacial score (nSPS) is 12.1. The molecule has 7 heteroatoms. The minimum absolute atomic E-state index is 0.395. The molecule has 0 amide bonds. The Hall–Kier alpha value is -0.620. The van der Waals surface area contributed by atoms with Gasteiger partial charge >= 0.3 is 0 Å². The van der Waals surface area contributed by atoms with Gasteiger partial charge in [-0.3, -0.25) is 0 Å². The Labute approximate surface area is 145 Å². The average molecular weight is 412 g/mol. The number of methoxy groups -OCH3 is 3. The predicted octanol–water partition coefficient (Wildman–Crippen LogP) is 5.52. The van der Waals surface area contributed by atoms with Crippen LogP contribution in [-0.4, -0.2) is 21.3 Å². The van der Waals surface area contributed by atoms with Gasteiger partial charge in [0.2, 0.25) is 5.75 Å². The molecular weight excluding hydrogens is 399 g/mol. The molecule has 0 bridgehead atoms. The van der Waals surface area contributed by atoms with Gasteiger partial charge in [-0.15, -0.1) is 22.9 Å². The van der Waals surface area contributed by atoms with Crippen molar-refractivity contribution in [3.63, 3.8) is 0 Å². The van der Waals surface area contributed by atoms with Crippen LogP contribution in [0.4, 0.5) is 0 Å². The number of hydrogen-bond acceptors (Lipinski definition) is 4. The van der Waals surface area contributed by atoms with Crippen LogP contribution in [0.15, 0.2) is 22.7 Å². The van der Waals surface area contributed by atoms with Gasteiger partial charge in [0.05, 0.1) is 26.7 Å². The number of rotatable bonds is 5. The summed E-state index contributed by atoms with van der Waals surface area (Å²) in [6, 6.07) is 5.57. The van der Waals surface area contributed by atoms with E-state index in [0.29, 0.717) is 21.6 Å². The third-order valence-corrected chi connectivity index (χ3v) is 6.06. The molecule has 1 atom stereocenters. The summed E-state index contributed by atoms with van der Waals surface area (Å²) in [5, 5.41) is -0.395. The van der Waals surface area contributed by atoms with Crippen molar-refractivity contribution < 1.29 is 14.2 Å². The van der Waals surface area contributed by atoms with Crippen molar-refractivity contribution in [2.24, 2.45) is 0 Å². The second-order valence-electron chi connectivity index (χ2n) is 4.06. The smallest absolute Gasteiger partial charge is 0.203 e. The third-order valence-electron chi connectivity index (χ3n) is 2.92. The molecule has 0 saturated heterocycles. The summed E-state index contributed by atoms with van der Waals surface area (Å²) in [6.07, 6.45) is 0. The van der Waals surface area contributed by atoms with Crippen molar-refractivity contribution in [3.8, 4) is 17.2 Å². The van der Waals surface area contributed by atoms with Gasteiger partial charge < -0.3 is 14.2 Å². The molecule has 0 aliphatic heterocycles. The highest BCUT2D eigenvalue weighted by Crippen LogP contribution is 2.47. The van der Waals surface area contributed by atoms with Crippen molar-refractivity contribution in [1.82, 2.24) is 0 Å². The highest BCUT2D eigenvalue weighted by Gasteiger charge is 2.24. The molecule has 0 saturated carbocycles. The first-order valence-corrected chi connectivity index (χ1v) is 8.33. The van der Waals surface area contributed by atoms with Crippen LogP contribution in [-0.2, 0) is 0 Å². The van der Waals surface area contributed by atoms with Crippen LogP contribution in [0.3, 0.4) is 0 Å². The summed E-state index contributed by atoms with van der Waals surface area (Å²) in [6.45, 7) is 0. The van der Waals surface area contributed by atoms with Gasteiger partial charge in [-0.2, -0.15) is 0 Å². The number of alkyl halides is 1. The molecule has 0 N–H and O–H groups in total. The lowest BCUT2D eigenvalue weighted by Crippen LogP contribution is -2.00. The Morgan fingerprint density at radius 1 is 1.10 bits per heavy atom.